The molecule has 2 fully saturated rings. The number of hydrogen-bond donors (Lipinski definition) is 1. The van der Waals surface area contributed by atoms with E-state index in [-0.39, 0.29) is 7.43 Å². The molecule has 3 heteroatoms. The lowest BCUT2D eigenvalue weighted by atomic mass is 10.0. The second-order valence-corrected chi connectivity index (χ2v) is 4.69. The molecule has 0 amide bonds. The number of nitrogens with one attached hydrogen (secondary N) is 1. The first-order chi connectivity index (χ1) is 6.75. The zero-order valence-corrected chi connectivity index (χ0v) is 9.33. The third kappa shape index (κ3) is 3.44. The predicted octanol–water partition coefficient (Wildman–Crippen LogP) is 1.48. The van der Waals surface area contributed by atoms with Crippen LogP contribution in [-0.2, 0) is 4.74 Å². The molecule has 0 aliphatic carbocycles. The quantitative estimate of drug-likeness (QED) is 0.715. The summed E-state index contributed by atoms with van der Waals surface area (Å²) in [6.07, 6.45) is 3.43. The summed E-state index contributed by atoms with van der Waals surface area (Å²) in [5, 5.41) is 3.42. The van der Waals surface area contributed by atoms with E-state index in [1.165, 1.54) is 25.9 Å². The minimum Gasteiger partial charge on any atom is -0.373 e. The van der Waals surface area contributed by atoms with Gasteiger partial charge in [-0.3, -0.25) is 4.90 Å². The molecule has 2 heterocycles. The van der Waals surface area contributed by atoms with Crippen molar-refractivity contribution in [1.82, 2.24) is 10.2 Å². The molecule has 2 atom stereocenters. The molecule has 0 aromatic rings. The molecule has 1 N–H and O–H groups in total. The Bertz CT molecular complexity index is 170. The Morgan fingerprint density at radius 2 is 1.60 bits per heavy atom. The van der Waals surface area contributed by atoms with E-state index in [0.29, 0.717) is 12.2 Å². The van der Waals surface area contributed by atoms with Gasteiger partial charge >= 0.3 is 0 Å². The topological polar surface area (TPSA) is 24.5 Å². The van der Waals surface area contributed by atoms with E-state index >= 15 is 0 Å². The maximum atomic E-state index is 5.75. The van der Waals surface area contributed by atoms with Gasteiger partial charge in [-0.05, 0) is 39.8 Å². The average Bonchev–Trinajstić information content (AvgIpc) is 2.18. The zero-order chi connectivity index (χ0) is 9.97. The minimum absolute atomic E-state index is 0. The zero-order valence-electron chi connectivity index (χ0n) is 9.33. The maximum Gasteiger partial charge on any atom is 0.0678 e. The van der Waals surface area contributed by atoms with Crippen molar-refractivity contribution in [1.29, 1.82) is 0 Å². The van der Waals surface area contributed by atoms with E-state index in [1.54, 1.807) is 0 Å². The van der Waals surface area contributed by atoms with E-state index in [0.717, 1.165) is 19.1 Å². The van der Waals surface area contributed by atoms with E-state index in [2.05, 4.69) is 24.1 Å². The SMILES string of the molecule is C.CC1CN(C2CCNCC2)CC(C)O1. The molecule has 0 bridgehead atoms. The first-order valence-electron chi connectivity index (χ1n) is 5.86. The Morgan fingerprint density at radius 1 is 1.07 bits per heavy atom. The predicted molar refractivity (Wildman–Crippen MR) is 64.2 cm³/mol. The molecule has 15 heavy (non-hydrogen) atoms. The lowest BCUT2D eigenvalue weighted by Crippen LogP contribution is -2.52. The van der Waals surface area contributed by atoms with Gasteiger partial charge in [0.1, 0.15) is 0 Å². The van der Waals surface area contributed by atoms with Crippen LogP contribution in [0, 0.1) is 0 Å². The first-order valence-corrected chi connectivity index (χ1v) is 5.86. The maximum absolute atomic E-state index is 5.75. The van der Waals surface area contributed by atoms with E-state index in [9.17, 15) is 0 Å². The third-order valence-electron chi connectivity index (χ3n) is 3.27. The van der Waals surface area contributed by atoms with E-state index in [1.807, 2.05) is 0 Å². The molecule has 3 nitrogen and oxygen atoms in total. The Kier molecular flexibility index (Phi) is 5.03. The average molecular weight is 214 g/mol. The highest BCUT2D eigenvalue weighted by Gasteiger charge is 2.28. The van der Waals surface area contributed by atoms with Crippen LogP contribution in [-0.4, -0.2) is 49.3 Å². The van der Waals surface area contributed by atoms with Gasteiger partial charge in [-0.1, -0.05) is 7.43 Å². The van der Waals surface area contributed by atoms with Crippen molar-refractivity contribution in [2.75, 3.05) is 26.2 Å². The molecule has 0 spiro atoms. The summed E-state index contributed by atoms with van der Waals surface area (Å²) in [6.45, 7) is 8.98. The monoisotopic (exact) mass is 214 g/mol. The van der Waals surface area contributed by atoms with Crippen molar-refractivity contribution >= 4 is 0 Å². The molecule has 0 aromatic carbocycles. The van der Waals surface area contributed by atoms with Crippen molar-refractivity contribution in [3.05, 3.63) is 0 Å². The minimum atomic E-state index is 0. The van der Waals surface area contributed by atoms with Crippen LogP contribution in [0.1, 0.15) is 34.1 Å². The van der Waals surface area contributed by atoms with E-state index < -0.39 is 0 Å². The smallest absolute Gasteiger partial charge is 0.0678 e. The van der Waals surface area contributed by atoms with Gasteiger partial charge in [-0.2, -0.15) is 0 Å². The highest BCUT2D eigenvalue weighted by atomic mass is 16.5. The van der Waals surface area contributed by atoms with Crippen LogP contribution in [0.25, 0.3) is 0 Å². The van der Waals surface area contributed by atoms with Crippen molar-refractivity contribution in [3.8, 4) is 0 Å². The van der Waals surface area contributed by atoms with Crippen LogP contribution in [0.4, 0.5) is 0 Å². The van der Waals surface area contributed by atoms with Gasteiger partial charge in [0.15, 0.2) is 0 Å². The normalized spacial score (nSPS) is 34.8. The number of nitrogens with zero attached hydrogens (tertiary/aromatic N) is 1. The largest absolute Gasteiger partial charge is 0.373 e. The number of ether oxygens (including phenoxy) is 1. The van der Waals surface area contributed by atoms with Crippen molar-refractivity contribution in [2.24, 2.45) is 0 Å². The highest BCUT2D eigenvalue weighted by Crippen LogP contribution is 2.18. The number of rotatable bonds is 1. The molecular formula is C12H26N2O. The van der Waals surface area contributed by atoms with Crippen LogP contribution < -0.4 is 5.32 Å². The summed E-state index contributed by atoms with van der Waals surface area (Å²) < 4.78 is 5.75. The first kappa shape index (κ1) is 12.9. The molecule has 2 saturated heterocycles. The summed E-state index contributed by atoms with van der Waals surface area (Å²) in [5.41, 5.74) is 0. The Labute approximate surface area is 94.2 Å². The summed E-state index contributed by atoms with van der Waals surface area (Å²) in [6, 6.07) is 0.796. The summed E-state index contributed by atoms with van der Waals surface area (Å²) in [5.74, 6) is 0. The lowest BCUT2D eigenvalue weighted by molar-refractivity contribution is -0.0832. The number of morpholine rings is 1. The van der Waals surface area contributed by atoms with Crippen LogP contribution in [0.5, 0.6) is 0 Å². The van der Waals surface area contributed by atoms with Crippen LogP contribution in [0.2, 0.25) is 0 Å². The summed E-state index contributed by atoms with van der Waals surface area (Å²) in [7, 11) is 0. The van der Waals surface area contributed by atoms with Crippen LogP contribution in [0.3, 0.4) is 0 Å². The molecule has 0 radical (unpaired) electrons. The Balaban J connectivity index is 0.00000112. The van der Waals surface area contributed by atoms with Crippen LogP contribution >= 0.6 is 0 Å². The van der Waals surface area contributed by atoms with Gasteiger partial charge in [0, 0.05) is 19.1 Å². The molecule has 0 saturated carbocycles. The highest BCUT2D eigenvalue weighted by molar-refractivity contribution is 4.82. The molecule has 0 aromatic heterocycles. The standard InChI is InChI=1S/C11H22N2O.CH4/c1-9-7-13(8-10(2)14-9)11-3-5-12-6-4-11;/h9-12H,3-8H2,1-2H3;1H4. The van der Waals surface area contributed by atoms with Gasteiger partial charge in [-0.25, -0.2) is 0 Å². The molecular weight excluding hydrogens is 188 g/mol. The van der Waals surface area contributed by atoms with Crippen molar-refractivity contribution in [3.63, 3.8) is 0 Å². The Morgan fingerprint density at radius 3 is 2.13 bits per heavy atom. The van der Waals surface area contributed by atoms with E-state index in [4.69, 9.17) is 4.74 Å². The molecule has 2 aliphatic heterocycles. The van der Waals surface area contributed by atoms with Crippen LogP contribution in [0.15, 0.2) is 0 Å². The summed E-state index contributed by atoms with van der Waals surface area (Å²) >= 11 is 0. The van der Waals surface area contributed by atoms with Crippen molar-refractivity contribution < 1.29 is 4.74 Å². The number of piperidine rings is 1. The molecule has 90 valence electrons. The van der Waals surface area contributed by atoms with Crippen molar-refractivity contribution in [2.45, 2.75) is 52.4 Å². The lowest BCUT2D eigenvalue weighted by Gasteiger charge is -2.41. The second-order valence-electron chi connectivity index (χ2n) is 4.69. The molecule has 2 aliphatic rings. The fourth-order valence-electron chi connectivity index (χ4n) is 2.69. The van der Waals surface area contributed by atoms with Gasteiger partial charge in [0.2, 0.25) is 0 Å². The number of hydrogen-bond acceptors (Lipinski definition) is 3. The van der Waals surface area contributed by atoms with Gasteiger partial charge in [-0.15, -0.1) is 0 Å². The Hall–Kier alpha value is -0.120. The third-order valence-corrected chi connectivity index (χ3v) is 3.27. The second kappa shape index (κ2) is 5.83. The fourth-order valence-corrected chi connectivity index (χ4v) is 2.69. The molecule has 2 rings (SSSR count). The van der Waals surface area contributed by atoms with Gasteiger partial charge < -0.3 is 10.1 Å². The van der Waals surface area contributed by atoms with Gasteiger partial charge in [0.25, 0.3) is 0 Å². The van der Waals surface area contributed by atoms with Gasteiger partial charge in [0.05, 0.1) is 12.2 Å². The summed E-state index contributed by atoms with van der Waals surface area (Å²) in [4.78, 5) is 2.62. The fraction of sp³-hybridized carbons (Fsp3) is 1.00. The molecule has 2 unspecified atom stereocenters.